The van der Waals surface area contributed by atoms with Crippen molar-refractivity contribution in [1.82, 2.24) is 5.16 Å². The van der Waals surface area contributed by atoms with Crippen LogP contribution in [0.4, 0.5) is 0 Å². The molecule has 1 unspecified atom stereocenters. The first kappa shape index (κ1) is 6.25. The number of hydrogen-bond donors (Lipinski definition) is 2. The van der Waals surface area contributed by atoms with Crippen molar-refractivity contribution in [3.63, 3.8) is 0 Å². The standard InChI is InChI=1S/C5H8N2O2/c6-3-5(8)4-1-2-9-7-4/h1-2,5,8H,3,6H2. The number of aliphatic hydroxyl groups excluding tert-OH is 1. The topological polar surface area (TPSA) is 72.3 Å². The zero-order chi connectivity index (χ0) is 6.69. The van der Waals surface area contributed by atoms with Crippen LogP contribution >= 0.6 is 0 Å². The lowest BCUT2D eigenvalue weighted by molar-refractivity contribution is 0.176. The van der Waals surface area contributed by atoms with E-state index < -0.39 is 6.10 Å². The SMILES string of the molecule is NCC(O)c1ccon1. The van der Waals surface area contributed by atoms with E-state index in [1.165, 1.54) is 6.26 Å². The zero-order valence-electron chi connectivity index (χ0n) is 4.82. The van der Waals surface area contributed by atoms with Crippen LogP contribution in [0.5, 0.6) is 0 Å². The van der Waals surface area contributed by atoms with Gasteiger partial charge >= 0.3 is 0 Å². The Balaban J connectivity index is 2.65. The van der Waals surface area contributed by atoms with Crippen LogP contribution in [0.15, 0.2) is 16.9 Å². The number of nitrogens with two attached hydrogens (primary N) is 1. The van der Waals surface area contributed by atoms with E-state index in [0.717, 1.165) is 0 Å². The van der Waals surface area contributed by atoms with Gasteiger partial charge in [0.05, 0.1) is 0 Å². The van der Waals surface area contributed by atoms with Gasteiger partial charge in [0.1, 0.15) is 18.1 Å². The molecule has 0 radical (unpaired) electrons. The lowest BCUT2D eigenvalue weighted by atomic mass is 10.3. The van der Waals surface area contributed by atoms with Crippen LogP contribution < -0.4 is 5.73 Å². The lowest BCUT2D eigenvalue weighted by Crippen LogP contribution is -2.11. The molecule has 0 aromatic carbocycles. The molecule has 50 valence electrons. The van der Waals surface area contributed by atoms with Gasteiger partial charge in [-0.25, -0.2) is 0 Å². The minimum absolute atomic E-state index is 0.173. The van der Waals surface area contributed by atoms with Crippen LogP contribution in [0.25, 0.3) is 0 Å². The predicted octanol–water partition coefficient (Wildman–Crippen LogP) is -0.333. The number of aromatic nitrogens is 1. The molecule has 3 N–H and O–H groups in total. The van der Waals surface area contributed by atoms with E-state index >= 15 is 0 Å². The van der Waals surface area contributed by atoms with Gasteiger partial charge in [-0.1, -0.05) is 5.16 Å². The first-order chi connectivity index (χ1) is 4.34. The smallest absolute Gasteiger partial charge is 0.124 e. The average Bonchev–Trinajstić information content (AvgIpc) is 2.37. The molecule has 1 atom stereocenters. The molecule has 1 aromatic rings. The summed E-state index contributed by atoms with van der Waals surface area (Å²) in [6.07, 6.45) is 0.706. The molecule has 0 saturated heterocycles. The van der Waals surface area contributed by atoms with E-state index in [2.05, 4.69) is 9.68 Å². The summed E-state index contributed by atoms with van der Waals surface area (Å²) in [6.45, 7) is 0.173. The van der Waals surface area contributed by atoms with Crippen molar-refractivity contribution in [2.75, 3.05) is 6.54 Å². The van der Waals surface area contributed by atoms with Crippen LogP contribution in [0, 0.1) is 0 Å². The molecule has 4 nitrogen and oxygen atoms in total. The van der Waals surface area contributed by atoms with Gasteiger partial charge in [-0.2, -0.15) is 0 Å². The number of nitrogens with zero attached hydrogens (tertiary/aromatic N) is 1. The van der Waals surface area contributed by atoms with E-state index in [1.807, 2.05) is 0 Å². The molecular formula is C5H8N2O2. The van der Waals surface area contributed by atoms with Crippen molar-refractivity contribution in [2.24, 2.45) is 5.73 Å². The Morgan fingerprint density at radius 2 is 2.67 bits per heavy atom. The predicted molar refractivity (Wildman–Crippen MR) is 30.5 cm³/mol. The van der Waals surface area contributed by atoms with E-state index in [4.69, 9.17) is 10.8 Å². The fourth-order valence-corrected chi connectivity index (χ4v) is 0.515. The van der Waals surface area contributed by atoms with Crippen molar-refractivity contribution in [3.05, 3.63) is 18.0 Å². The number of rotatable bonds is 2. The Bertz CT molecular complexity index is 161. The Morgan fingerprint density at radius 3 is 3.11 bits per heavy atom. The second-order valence-corrected chi connectivity index (χ2v) is 1.68. The Morgan fingerprint density at radius 1 is 1.89 bits per heavy atom. The van der Waals surface area contributed by atoms with Gasteiger partial charge < -0.3 is 15.4 Å². The van der Waals surface area contributed by atoms with Crippen molar-refractivity contribution in [2.45, 2.75) is 6.10 Å². The van der Waals surface area contributed by atoms with Crippen molar-refractivity contribution in [3.8, 4) is 0 Å². The first-order valence-electron chi connectivity index (χ1n) is 2.63. The summed E-state index contributed by atoms with van der Waals surface area (Å²) >= 11 is 0. The van der Waals surface area contributed by atoms with E-state index in [1.54, 1.807) is 6.07 Å². The summed E-state index contributed by atoms with van der Waals surface area (Å²) in [4.78, 5) is 0. The molecule has 0 aliphatic rings. The highest BCUT2D eigenvalue weighted by molar-refractivity contribution is 4.99. The largest absolute Gasteiger partial charge is 0.385 e. The van der Waals surface area contributed by atoms with Crippen LogP contribution in [0.3, 0.4) is 0 Å². The normalized spacial score (nSPS) is 13.6. The van der Waals surface area contributed by atoms with Crippen molar-refractivity contribution >= 4 is 0 Å². The maximum absolute atomic E-state index is 8.97. The number of hydrogen-bond acceptors (Lipinski definition) is 4. The summed E-state index contributed by atoms with van der Waals surface area (Å²) in [7, 11) is 0. The van der Waals surface area contributed by atoms with E-state index in [0.29, 0.717) is 5.69 Å². The van der Waals surface area contributed by atoms with Gasteiger partial charge in [0.15, 0.2) is 0 Å². The molecular weight excluding hydrogens is 120 g/mol. The molecule has 1 aromatic heterocycles. The molecule has 0 saturated carbocycles. The van der Waals surface area contributed by atoms with Gasteiger partial charge in [-0.3, -0.25) is 0 Å². The van der Waals surface area contributed by atoms with Gasteiger partial charge in [0.25, 0.3) is 0 Å². The maximum Gasteiger partial charge on any atom is 0.124 e. The second-order valence-electron chi connectivity index (χ2n) is 1.68. The minimum Gasteiger partial charge on any atom is -0.385 e. The van der Waals surface area contributed by atoms with Crippen LogP contribution in [0.2, 0.25) is 0 Å². The fourth-order valence-electron chi connectivity index (χ4n) is 0.515. The van der Waals surface area contributed by atoms with Crippen LogP contribution in [-0.4, -0.2) is 16.8 Å². The molecule has 0 fully saturated rings. The second kappa shape index (κ2) is 2.61. The van der Waals surface area contributed by atoms with Crippen LogP contribution in [0.1, 0.15) is 11.8 Å². The molecule has 0 amide bonds. The molecule has 9 heavy (non-hydrogen) atoms. The summed E-state index contributed by atoms with van der Waals surface area (Å²) in [5.74, 6) is 0. The molecule has 1 rings (SSSR count). The number of aliphatic hydroxyl groups is 1. The third kappa shape index (κ3) is 1.28. The average molecular weight is 128 g/mol. The maximum atomic E-state index is 8.97. The van der Waals surface area contributed by atoms with Gasteiger partial charge in [0.2, 0.25) is 0 Å². The third-order valence-corrected chi connectivity index (χ3v) is 1.02. The van der Waals surface area contributed by atoms with Gasteiger partial charge in [0, 0.05) is 12.6 Å². The van der Waals surface area contributed by atoms with Gasteiger partial charge in [-0.05, 0) is 0 Å². The van der Waals surface area contributed by atoms with E-state index in [-0.39, 0.29) is 6.54 Å². The summed E-state index contributed by atoms with van der Waals surface area (Å²) in [6, 6.07) is 1.58. The molecule has 0 aliphatic heterocycles. The Hall–Kier alpha value is -0.870. The quantitative estimate of drug-likeness (QED) is 0.571. The van der Waals surface area contributed by atoms with Crippen molar-refractivity contribution in [1.29, 1.82) is 0 Å². The fraction of sp³-hybridized carbons (Fsp3) is 0.400. The molecule has 0 spiro atoms. The molecule has 0 aliphatic carbocycles. The molecule has 0 bridgehead atoms. The van der Waals surface area contributed by atoms with Crippen LogP contribution in [-0.2, 0) is 0 Å². The van der Waals surface area contributed by atoms with Crippen molar-refractivity contribution < 1.29 is 9.63 Å². The Labute approximate surface area is 52.3 Å². The minimum atomic E-state index is -0.691. The summed E-state index contributed by atoms with van der Waals surface area (Å²) in [5.41, 5.74) is 5.62. The summed E-state index contributed by atoms with van der Waals surface area (Å²) in [5, 5.41) is 12.5. The highest BCUT2D eigenvalue weighted by Gasteiger charge is 2.06. The summed E-state index contributed by atoms with van der Waals surface area (Å²) < 4.78 is 4.47. The third-order valence-electron chi connectivity index (χ3n) is 1.02. The lowest BCUT2D eigenvalue weighted by Gasteiger charge is -1.99. The monoisotopic (exact) mass is 128 g/mol. The molecule has 4 heteroatoms. The highest BCUT2D eigenvalue weighted by Crippen LogP contribution is 2.05. The zero-order valence-corrected chi connectivity index (χ0v) is 4.82. The van der Waals surface area contributed by atoms with Gasteiger partial charge in [-0.15, -0.1) is 0 Å². The molecule has 1 heterocycles. The first-order valence-corrected chi connectivity index (χ1v) is 2.63. The van der Waals surface area contributed by atoms with E-state index in [9.17, 15) is 0 Å². The Kier molecular flexibility index (Phi) is 1.81. The highest BCUT2D eigenvalue weighted by atomic mass is 16.5.